The summed E-state index contributed by atoms with van der Waals surface area (Å²) in [6, 6.07) is 6.57. The number of rotatable bonds is 4. The highest BCUT2D eigenvalue weighted by Crippen LogP contribution is 2.52. The number of aromatic nitrogens is 2. The molecule has 0 N–H and O–H groups in total. The van der Waals surface area contributed by atoms with Gasteiger partial charge in [0.05, 0.1) is 11.2 Å². The zero-order valence-corrected chi connectivity index (χ0v) is 10.8. The first-order chi connectivity index (χ1) is 8.74. The summed E-state index contributed by atoms with van der Waals surface area (Å²) < 4.78 is 18.3. The standard InChI is InChI=1S/C13H13FN2OS/c1-18-8-11-15-12(17-16-11)13(6-7-13)9-2-4-10(14)5-3-9/h2-5H,6-8H2,1H3. The normalized spacial score (nSPS) is 16.8. The van der Waals surface area contributed by atoms with E-state index in [0.717, 1.165) is 30.0 Å². The van der Waals surface area contributed by atoms with Gasteiger partial charge >= 0.3 is 0 Å². The fourth-order valence-corrected chi connectivity index (χ4v) is 2.53. The minimum atomic E-state index is -0.219. The van der Waals surface area contributed by atoms with Crippen LogP contribution in [0.1, 0.15) is 30.1 Å². The number of nitrogens with zero attached hydrogens (tertiary/aromatic N) is 2. The summed E-state index contributed by atoms with van der Waals surface area (Å²) in [5.74, 6) is 1.93. The molecule has 0 spiro atoms. The molecule has 0 aliphatic heterocycles. The molecule has 1 heterocycles. The van der Waals surface area contributed by atoms with E-state index in [2.05, 4.69) is 10.1 Å². The monoisotopic (exact) mass is 264 g/mol. The topological polar surface area (TPSA) is 38.9 Å². The fourth-order valence-electron chi connectivity index (χ4n) is 2.16. The summed E-state index contributed by atoms with van der Waals surface area (Å²) in [4.78, 5) is 4.44. The van der Waals surface area contributed by atoms with Gasteiger partial charge < -0.3 is 4.52 Å². The molecule has 1 aliphatic carbocycles. The molecule has 0 bridgehead atoms. The van der Waals surface area contributed by atoms with Gasteiger partial charge in [-0.3, -0.25) is 0 Å². The summed E-state index contributed by atoms with van der Waals surface area (Å²) >= 11 is 1.66. The Labute approximate surface area is 109 Å². The first kappa shape index (κ1) is 11.7. The molecule has 0 atom stereocenters. The maximum absolute atomic E-state index is 12.9. The molecule has 0 unspecified atom stereocenters. The quantitative estimate of drug-likeness (QED) is 0.850. The summed E-state index contributed by atoms with van der Waals surface area (Å²) in [7, 11) is 0. The lowest BCUT2D eigenvalue weighted by atomic mass is 9.96. The Morgan fingerprint density at radius 1 is 1.33 bits per heavy atom. The molecule has 1 fully saturated rings. The second kappa shape index (κ2) is 4.39. The van der Waals surface area contributed by atoms with E-state index >= 15 is 0 Å². The van der Waals surface area contributed by atoms with Gasteiger partial charge in [-0.2, -0.15) is 16.7 Å². The molecule has 18 heavy (non-hydrogen) atoms. The Kier molecular flexibility index (Phi) is 2.86. The molecule has 1 aromatic carbocycles. The minimum Gasteiger partial charge on any atom is -0.338 e. The maximum atomic E-state index is 12.9. The first-order valence-corrected chi connectivity index (χ1v) is 7.22. The predicted molar refractivity (Wildman–Crippen MR) is 67.9 cm³/mol. The van der Waals surface area contributed by atoms with Gasteiger partial charge in [-0.15, -0.1) is 0 Å². The van der Waals surface area contributed by atoms with E-state index in [1.165, 1.54) is 12.1 Å². The third-order valence-corrected chi connectivity index (χ3v) is 3.84. The van der Waals surface area contributed by atoms with Crippen molar-refractivity contribution in [3.8, 4) is 0 Å². The average Bonchev–Trinajstić information content (AvgIpc) is 3.05. The summed E-state index contributed by atoms with van der Waals surface area (Å²) in [6.07, 6.45) is 3.97. The zero-order valence-electron chi connectivity index (χ0n) is 10.0. The lowest BCUT2D eigenvalue weighted by molar-refractivity contribution is 0.356. The molecule has 0 amide bonds. The Bertz CT molecular complexity index is 548. The van der Waals surface area contributed by atoms with Crippen LogP contribution in [0.2, 0.25) is 0 Å². The summed E-state index contributed by atoms with van der Waals surface area (Å²) in [5, 5.41) is 3.97. The zero-order chi connectivity index (χ0) is 12.6. The van der Waals surface area contributed by atoms with Gasteiger partial charge in [0.15, 0.2) is 5.82 Å². The van der Waals surface area contributed by atoms with E-state index in [0.29, 0.717) is 5.89 Å². The molecular formula is C13H13FN2OS. The molecule has 2 aromatic rings. The van der Waals surface area contributed by atoms with E-state index < -0.39 is 0 Å². The molecule has 3 nitrogen and oxygen atoms in total. The van der Waals surface area contributed by atoms with Gasteiger partial charge in [0.1, 0.15) is 5.82 Å². The molecule has 3 rings (SSSR count). The van der Waals surface area contributed by atoms with Crippen LogP contribution in [0.3, 0.4) is 0 Å². The Hall–Kier alpha value is -1.36. The summed E-state index contributed by atoms with van der Waals surface area (Å²) in [6.45, 7) is 0. The number of benzene rings is 1. The molecule has 1 aliphatic rings. The van der Waals surface area contributed by atoms with Crippen LogP contribution >= 0.6 is 11.8 Å². The van der Waals surface area contributed by atoms with Gasteiger partial charge in [0.25, 0.3) is 0 Å². The number of hydrogen-bond acceptors (Lipinski definition) is 4. The highest BCUT2D eigenvalue weighted by molar-refractivity contribution is 7.97. The fraction of sp³-hybridized carbons (Fsp3) is 0.385. The van der Waals surface area contributed by atoms with E-state index in [1.54, 1.807) is 23.9 Å². The van der Waals surface area contributed by atoms with E-state index in [4.69, 9.17) is 4.52 Å². The van der Waals surface area contributed by atoms with Crippen molar-refractivity contribution in [3.05, 3.63) is 47.4 Å². The number of hydrogen-bond donors (Lipinski definition) is 0. The van der Waals surface area contributed by atoms with Crippen LogP contribution in [0.15, 0.2) is 28.8 Å². The van der Waals surface area contributed by atoms with Crippen molar-refractivity contribution in [2.24, 2.45) is 0 Å². The molecule has 1 saturated carbocycles. The Morgan fingerprint density at radius 2 is 2.06 bits per heavy atom. The van der Waals surface area contributed by atoms with Crippen molar-refractivity contribution < 1.29 is 8.91 Å². The van der Waals surface area contributed by atoms with Gasteiger partial charge in [-0.25, -0.2) is 4.39 Å². The number of thioether (sulfide) groups is 1. The van der Waals surface area contributed by atoms with Crippen LogP contribution in [-0.2, 0) is 11.2 Å². The third kappa shape index (κ3) is 1.92. The van der Waals surface area contributed by atoms with E-state index in [9.17, 15) is 4.39 Å². The Balaban J connectivity index is 1.91. The minimum absolute atomic E-state index is 0.169. The predicted octanol–water partition coefficient (Wildman–Crippen LogP) is 3.15. The number of halogens is 1. The average molecular weight is 264 g/mol. The highest BCUT2D eigenvalue weighted by atomic mass is 32.2. The van der Waals surface area contributed by atoms with Crippen molar-refractivity contribution in [2.45, 2.75) is 24.0 Å². The van der Waals surface area contributed by atoms with E-state index in [-0.39, 0.29) is 11.2 Å². The molecule has 0 saturated heterocycles. The van der Waals surface area contributed by atoms with Crippen LogP contribution in [0.25, 0.3) is 0 Å². The second-order valence-corrected chi connectivity index (χ2v) is 5.40. The van der Waals surface area contributed by atoms with Crippen LogP contribution in [-0.4, -0.2) is 16.4 Å². The van der Waals surface area contributed by atoms with Gasteiger partial charge in [0, 0.05) is 0 Å². The lowest BCUT2D eigenvalue weighted by Gasteiger charge is -2.09. The van der Waals surface area contributed by atoms with Gasteiger partial charge in [0.2, 0.25) is 5.89 Å². The molecule has 94 valence electrons. The van der Waals surface area contributed by atoms with Crippen LogP contribution < -0.4 is 0 Å². The van der Waals surface area contributed by atoms with Gasteiger partial charge in [-0.1, -0.05) is 17.3 Å². The highest BCUT2D eigenvalue weighted by Gasteiger charge is 2.50. The lowest BCUT2D eigenvalue weighted by Crippen LogP contribution is -2.09. The maximum Gasteiger partial charge on any atom is 0.237 e. The van der Waals surface area contributed by atoms with E-state index in [1.807, 2.05) is 6.26 Å². The first-order valence-electron chi connectivity index (χ1n) is 5.83. The van der Waals surface area contributed by atoms with Crippen molar-refractivity contribution >= 4 is 11.8 Å². The molecular weight excluding hydrogens is 251 g/mol. The van der Waals surface area contributed by atoms with Crippen molar-refractivity contribution in [1.82, 2.24) is 10.1 Å². The van der Waals surface area contributed by atoms with Crippen LogP contribution in [0, 0.1) is 5.82 Å². The third-order valence-electron chi connectivity index (χ3n) is 3.30. The second-order valence-electron chi connectivity index (χ2n) is 4.54. The van der Waals surface area contributed by atoms with Crippen molar-refractivity contribution in [2.75, 3.05) is 6.26 Å². The van der Waals surface area contributed by atoms with Gasteiger partial charge in [-0.05, 0) is 36.8 Å². The molecule has 5 heteroatoms. The molecule has 1 aromatic heterocycles. The van der Waals surface area contributed by atoms with Crippen LogP contribution in [0.5, 0.6) is 0 Å². The SMILES string of the molecule is CSCc1noc(C2(c3ccc(F)cc3)CC2)n1. The van der Waals surface area contributed by atoms with Crippen molar-refractivity contribution in [1.29, 1.82) is 0 Å². The smallest absolute Gasteiger partial charge is 0.237 e. The van der Waals surface area contributed by atoms with Crippen molar-refractivity contribution in [3.63, 3.8) is 0 Å². The largest absolute Gasteiger partial charge is 0.338 e. The Morgan fingerprint density at radius 3 is 2.67 bits per heavy atom. The molecule has 0 radical (unpaired) electrons. The van der Waals surface area contributed by atoms with Crippen LogP contribution in [0.4, 0.5) is 4.39 Å². The summed E-state index contributed by atoms with van der Waals surface area (Å²) in [5.41, 5.74) is 0.889.